The normalized spacial score (nSPS) is 37.2. The molecule has 0 spiro atoms. The Labute approximate surface area is 95.2 Å². The second-order valence-corrected chi connectivity index (χ2v) is 5.70. The summed E-state index contributed by atoms with van der Waals surface area (Å²) in [6, 6.07) is 0. The monoisotopic (exact) mass is 212 g/mol. The highest BCUT2D eigenvalue weighted by Gasteiger charge is 2.39. The summed E-state index contributed by atoms with van der Waals surface area (Å²) in [6.45, 7) is 8.99. The molecule has 2 atom stereocenters. The molecule has 1 aliphatic carbocycles. The lowest BCUT2D eigenvalue weighted by atomic mass is 9.71. The van der Waals surface area contributed by atoms with Gasteiger partial charge in [0.05, 0.1) is 0 Å². The van der Waals surface area contributed by atoms with E-state index in [2.05, 4.69) is 32.7 Å². The highest BCUT2D eigenvalue weighted by molar-refractivity contribution is 4.96. The fraction of sp³-hybridized carbons (Fsp3) is 1.00. The molecule has 0 bridgehead atoms. The van der Waals surface area contributed by atoms with E-state index in [4.69, 9.17) is 5.73 Å². The summed E-state index contributed by atoms with van der Waals surface area (Å²) in [5.74, 6) is 1.66. The van der Waals surface area contributed by atoms with Crippen LogP contribution in [0.5, 0.6) is 0 Å². The van der Waals surface area contributed by atoms with E-state index in [-0.39, 0.29) is 5.54 Å². The number of rotatable bonds is 4. The van der Waals surface area contributed by atoms with E-state index in [0.29, 0.717) is 0 Å². The van der Waals surface area contributed by atoms with Crippen molar-refractivity contribution in [3.8, 4) is 0 Å². The van der Waals surface area contributed by atoms with Gasteiger partial charge >= 0.3 is 0 Å². The predicted octanol–water partition coefficient (Wildman–Crippen LogP) is 2.48. The van der Waals surface area contributed by atoms with E-state index in [1.165, 1.54) is 32.2 Å². The summed E-state index contributed by atoms with van der Waals surface area (Å²) in [5.41, 5.74) is 6.34. The van der Waals surface area contributed by atoms with Gasteiger partial charge in [0, 0.05) is 12.1 Å². The summed E-state index contributed by atoms with van der Waals surface area (Å²) >= 11 is 0. The van der Waals surface area contributed by atoms with E-state index in [1.807, 2.05) is 0 Å². The Morgan fingerprint density at radius 3 is 2.20 bits per heavy atom. The molecule has 1 aliphatic rings. The Kier molecular flexibility index (Phi) is 4.60. The molecule has 2 heteroatoms. The number of hydrogen-bond donors (Lipinski definition) is 1. The van der Waals surface area contributed by atoms with Gasteiger partial charge in [-0.25, -0.2) is 0 Å². The van der Waals surface area contributed by atoms with Gasteiger partial charge in [0.1, 0.15) is 0 Å². The maximum Gasteiger partial charge on any atom is 0.0333 e. The molecule has 15 heavy (non-hydrogen) atoms. The van der Waals surface area contributed by atoms with Crippen LogP contribution in [0.3, 0.4) is 0 Å². The van der Waals surface area contributed by atoms with Crippen molar-refractivity contribution in [1.29, 1.82) is 0 Å². The highest BCUT2D eigenvalue weighted by Crippen LogP contribution is 2.38. The van der Waals surface area contributed by atoms with E-state index >= 15 is 0 Å². The maximum absolute atomic E-state index is 6.05. The van der Waals surface area contributed by atoms with E-state index in [1.54, 1.807) is 0 Å². The van der Waals surface area contributed by atoms with Crippen molar-refractivity contribution >= 4 is 0 Å². The lowest BCUT2D eigenvalue weighted by molar-refractivity contribution is 0.0390. The summed E-state index contributed by atoms with van der Waals surface area (Å²) in [4.78, 5) is 2.51. The highest BCUT2D eigenvalue weighted by atomic mass is 15.2. The van der Waals surface area contributed by atoms with Crippen LogP contribution >= 0.6 is 0 Å². The molecule has 90 valence electrons. The Balaban J connectivity index is 2.73. The third-order valence-corrected chi connectivity index (χ3v) is 4.01. The van der Waals surface area contributed by atoms with Crippen LogP contribution in [0, 0.1) is 11.8 Å². The van der Waals surface area contributed by atoms with Crippen molar-refractivity contribution in [2.45, 2.75) is 52.0 Å². The van der Waals surface area contributed by atoms with Crippen LogP contribution in [0.1, 0.15) is 46.5 Å². The van der Waals surface area contributed by atoms with Crippen molar-refractivity contribution in [3.05, 3.63) is 0 Å². The van der Waals surface area contributed by atoms with Crippen LogP contribution in [-0.4, -0.2) is 30.6 Å². The van der Waals surface area contributed by atoms with Gasteiger partial charge in [-0.1, -0.05) is 20.8 Å². The third-order valence-electron chi connectivity index (χ3n) is 4.01. The van der Waals surface area contributed by atoms with Crippen molar-refractivity contribution in [2.75, 3.05) is 20.1 Å². The van der Waals surface area contributed by atoms with E-state index < -0.39 is 0 Å². The number of likely N-dealkylation sites (N-methyl/N-ethyl adjacent to an activating group) is 1. The molecule has 2 unspecified atom stereocenters. The predicted molar refractivity (Wildman–Crippen MR) is 66.9 cm³/mol. The smallest absolute Gasteiger partial charge is 0.0333 e. The van der Waals surface area contributed by atoms with Crippen molar-refractivity contribution in [2.24, 2.45) is 17.6 Å². The van der Waals surface area contributed by atoms with Gasteiger partial charge in [0.2, 0.25) is 0 Å². The lowest BCUT2D eigenvalue weighted by Gasteiger charge is -2.48. The zero-order valence-corrected chi connectivity index (χ0v) is 10.9. The Morgan fingerprint density at radius 2 is 1.80 bits per heavy atom. The third kappa shape index (κ3) is 2.94. The maximum atomic E-state index is 6.05. The Hall–Kier alpha value is -0.0800. The lowest BCUT2D eigenvalue weighted by Crippen LogP contribution is -2.56. The van der Waals surface area contributed by atoms with Crippen LogP contribution in [0.4, 0.5) is 0 Å². The minimum absolute atomic E-state index is 0.285. The number of nitrogens with two attached hydrogens (primary N) is 1. The van der Waals surface area contributed by atoms with Gasteiger partial charge in [-0.2, -0.15) is 0 Å². The standard InChI is InChI=1S/C13H28N2/c1-5-6-15(4)13(10-14)8-11(2)7-12(3)9-13/h11-12H,5-10,14H2,1-4H3. The van der Waals surface area contributed by atoms with E-state index in [0.717, 1.165) is 18.4 Å². The van der Waals surface area contributed by atoms with E-state index in [9.17, 15) is 0 Å². The molecule has 0 radical (unpaired) electrons. The van der Waals surface area contributed by atoms with Gasteiger partial charge in [-0.15, -0.1) is 0 Å². The molecule has 0 aromatic carbocycles. The molecule has 0 aromatic rings. The minimum Gasteiger partial charge on any atom is -0.329 e. The van der Waals surface area contributed by atoms with Gasteiger partial charge < -0.3 is 5.73 Å². The first-order valence-electron chi connectivity index (χ1n) is 6.45. The van der Waals surface area contributed by atoms with Crippen molar-refractivity contribution in [3.63, 3.8) is 0 Å². The van der Waals surface area contributed by atoms with Crippen LogP contribution in [0.15, 0.2) is 0 Å². The molecule has 0 saturated heterocycles. The Bertz CT molecular complexity index is 181. The van der Waals surface area contributed by atoms with Gasteiger partial charge in [0.25, 0.3) is 0 Å². The Morgan fingerprint density at radius 1 is 1.27 bits per heavy atom. The topological polar surface area (TPSA) is 29.3 Å². The quantitative estimate of drug-likeness (QED) is 0.776. The molecule has 0 aromatic heterocycles. The fourth-order valence-corrected chi connectivity index (χ4v) is 3.44. The van der Waals surface area contributed by atoms with Gasteiger partial charge in [-0.3, -0.25) is 4.90 Å². The summed E-state index contributed by atoms with van der Waals surface area (Å²) in [7, 11) is 2.25. The molecule has 0 amide bonds. The van der Waals surface area contributed by atoms with Gasteiger partial charge in [0.15, 0.2) is 0 Å². The number of nitrogens with zero attached hydrogens (tertiary/aromatic N) is 1. The van der Waals surface area contributed by atoms with Crippen LogP contribution < -0.4 is 5.73 Å². The number of hydrogen-bond acceptors (Lipinski definition) is 2. The van der Waals surface area contributed by atoms with Crippen molar-refractivity contribution < 1.29 is 0 Å². The second kappa shape index (κ2) is 5.31. The molecular formula is C13H28N2. The zero-order valence-electron chi connectivity index (χ0n) is 10.9. The molecule has 1 rings (SSSR count). The molecule has 0 heterocycles. The SMILES string of the molecule is CCCN(C)C1(CN)CC(C)CC(C)C1. The summed E-state index contributed by atoms with van der Waals surface area (Å²) in [6.07, 6.45) is 5.16. The molecule has 2 N–H and O–H groups in total. The molecular weight excluding hydrogens is 184 g/mol. The average Bonchev–Trinajstić information content (AvgIpc) is 2.16. The molecule has 1 fully saturated rings. The van der Waals surface area contributed by atoms with Crippen LogP contribution in [-0.2, 0) is 0 Å². The van der Waals surface area contributed by atoms with Crippen molar-refractivity contribution in [1.82, 2.24) is 4.90 Å². The largest absolute Gasteiger partial charge is 0.329 e. The molecule has 1 saturated carbocycles. The first-order chi connectivity index (χ1) is 7.04. The summed E-state index contributed by atoms with van der Waals surface area (Å²) in [5, 5.41) is 0. The molecule has 2 nitrogen and oxygen atoms in total. The second-order valence-electron chi connectivity index (χ2n) is 5.70. The first kappa shape index (κ1) is 13.0. The first-order valence-corrected chi connectivity index (χ1v) is 6.45. The van der Waals surface area contributed by atoms with Crippen LogP contribution in [0.25, 0.3) is 0 Å². The average molecular weight is 212 g/mol. The van der Waals surface area contributed by atoms with Crippen LogP contribution in [0.2, 0.25) is 0 Å². The fourth-order valence-electron chi connectivity index (χ4n) is 3.44. The summed E-state index contributed by atoms with van der Waals surface area (Å²) < 4.78 is 0. The zero-order chi connectivity index (χ0) is 11.5. The van der Waals surface area contributed by atoms with Gasteiger partial charge in [-0.05, 0) is 51.1 Å². The molecule has 0 aliphatic heterocycles. The minimum atomic E-state index is 0.285.